The van der Waals surface area contributed by atoms with Crippen molar-refractivity contribution in [3.05, 3.63) is 391 Å². The summed E-state index contributed by atoms with van der Waals surface area (Å²) in [7, 11) is 12.6. The summed E-state index contributed by atoms with van der Waals surface area (Å²) in [4.78, 5) is 5.53. The molecule has 0 bridgehead atoms. The molecular formula is C128H146BBrS10. The maximum absolute atomic E-state index is 6.95. The predicted molar refractivity (Wildman–Crippen MR) is 634 cm³/mol. The highest BCUT2D eigenvalue weighted by atomic mass is 79.9. The highest BCUT2D eigenvalue weighted by Gasteiger charge is 2.56. The van der Waals surface area contributed by atoms with E-state index in [1.165, 1.54) is 420 Å². The van der Waals surface area contributed by atoms with E-state index in [-0.39, 0.29) is 0 Å². The molecule has 4 aliphatic rings. The Kier molecular flexibility index (Phi) is 39.1. The highest BCUT2D eigenvalue weighted by Crippen LogP contribution is 2.68. The second-order valence-corrected chi connectivity index (χ2v) is 52.7. The standard InChI is InChI=1S/C64H72BBrS2.C64H74S2.S6/c1-5-9-13-17-21-45-25-33-49(34-26-45)63(50-35-27-46(28-36-50)22-18-14-10-6-2)55-42-56-54(41-53(55)61-57(63)43-59(65)67-61)62-58(44-60(66)68-62)64(56,51-37-29-47(30-38-51)23-19-15-11-7-3)52-39-31-48(32-40-52)24-20-16-12-8-4;1-5-9-13-17-21-47-25-33-51(34-26-47)63(52-35-27-48(28-36-52)22-18-14-10-6-2)57-41-43-65-61(57)55-45-56-60(46-59(55)63)64(58-42-44-66-62(56)58,53-37-29-49(30-38-53)23-19-15-11-7-3)54-39-31-50(32-40-54)24-20-16-12-8-4;1-3-5-6-4-2/h25-44H,5-24H2,1-4H3;25-46H,5-24H2,1-4H3;. The fourth-order valence-corrected chi connectivity index (χ4v) is 33.9. The normalized spacial score (nSPS) is 13.6. The third-order valence-electron chi connectivity index (χ3n) is 31.0. The van der Waals surface area contributed by atoms with Crippen molar-refractivity contribution in [3.8, 4) is 41.8 Å². The molecule has 4 aliphatic carbocycles. The van der Waals surface area contributed by atoms with E-state index in [2.05, 4.69) is 347 Å². The second kappa shape index (κ2) is 51.8. The van der Waals surface area contributed by atoms with Crippen LogP contribution in [0.5, 0.6) is 0 Å². The number of benzene rings is 10. The van der Waals surface area contributed by atoms with E-state index in [1.807, 2.05) is 34.0 Å². The number of halogens is 1. The van der Waals surface area contributed by atoms with Crippen molar-refractivity contribution in [2.75, 3.05) is 0 Å². The van der Waals surface area contributed by atoms with Crippen LogP contribution in [-0.4, -0.2) is 7.85 Å². The molecule has 14 aromatic rings. The fourth-order valence-electron chi connectivity index (χ4n) is 23.7. The van der Waals surface area contributed by atoms with E-state index in [1.54, 1.807) is 11.3 Å². The van der Waals surface area contributed by atoms with Gasteiger partial charge in [-0.3, -0.25) is 0 Å². The van der Waals surface area contributed by atoms with Crippen LogP contribution in [0.3, 0.4) is 0 Å². The number of rotatable bonds is 48. The molecule has 0 N–H and O–H groups in total. The molecule has 0 atom stereocenters. The molecular weight excluding hydrogens is 1950 g/mol. The van der Waals surface area contributed by atoms with Gasteiger partial charge in [0.05, 0.1) is 25.4 Å². The van der Waals surface area contributed by atoms with E-state index in [4.69, 9.17) is 7.85 Å². The molecule has 0 saturated carbocycles. The minimum absolute atomic E-state index is 0.437. The van der Waals surface area contributed by atoms with Crippen LogP contribution >= 0.6 is 61.3 Å². The first kappa shape index (κ1) is 106. The van der Waals surface area contributed by atoms with Crippen molar-refractivity contribution in [2.24, 2.45) is 0 Å². The van der Waals surface area contributed by atoms with Crippen LogP contribution in [0, 0.1) is 0 Å². The molecule has 0 saturated heterocycles. The molecule has 0 amide bonds. The molecule has 0 fully saturated rings. The molecule has 4 heterocycles. The van der Waals surface area contributed by atoms with Crippen molar-refractivity contribution in [2.45, 2.75) is 334 Å². The molecule has 728 valence electrons. The Morgan fingerprint density at radius 2 is 0.436 bits per heavy atom. The molecule has 2 radical (unpaired) electrons. The van der Waals surface area contributed by atoms with Crippen molar-refractivity contribution >= 4 is 132 Å². The summed E-state index contributed by atoms with van der Waals surface area (Å²) < 4.78 is 2.06. The van der Waals surface area contributed by atoms with Gasteiger partial charge in [0.1, 0.15) is 7.85 Å². The summed E-state index contributed by atoms with van der Waals surface area (Å²) >= 11 is 20.6. The van der Waals surface area contributed by atoms with Gasteiger partial charge in [-0.05, 0) is 320 Å². The van der Waals surface area contributed by atoms with Gasteiger partial charge in [-0.1, -0.05) is 422 Å². The Morgan fingerprint density at radius 3 is 0.657 bits per heavy atom. The number of hydrogen-bond donors (Lipinski definition) is 0. The molecule has 12 heteroatoms. The zero-order valence-corrected chi connectivity index (χ0v) is 94.3. The summed E-state index contributed by atoms with van der Waals surface area (Å²) in [5, 5.41) is 4.71. The molecule has 0 aliphatic heterocycles. The lowest BCUT2D eigenvalue weighted by Crippen LogP contribution is -2.31. The number of unbranched alkanes of at least 4 members (excludes halogenated alkanes) is 24. The van der Waals surface area contributed by atoms with Crippen molar-refractivity contribution in [3.63, 3.8) is 0 Å². The van der Waals surface area contributed by atoms with Crippen LogP contribution in [0.25, 0.3) is 41.8 Å². The summed E-state index contributed by atoms with van der Waals surface area (Å²) in [5.41, 5.74) is 37.2. The Hall–Kier alpha value is -7.14. The Bertz CT molecular complexity index is 5910. The first-order chi connectivity index (χ1) is 68.8. The van der Waals surface area contributed by atoms with Crippen LogP contribution in [0.4, 0.5) is 0 Å². The zero-order valence-electron chi connectivity index (χ0n) is 84.6. The number of aryl methyl sites for hydroxylation is 8. The van der Waals surface area contributed by atoms with Crippen molar-refractivity contribution in [1.82, 2.24) is 0 Å². The first-order valence-corrected chi connectivity index (χ1v) is 64.6. The lowest BCUT2D eigenvalue weighted by molar-refractivity contribution is 0.665. The van der Waals surface area contributed by atoms with Gasteiger partial charge in [-0.25, -0.2) is 0 Å². The maximum Gasteiger partial charge on any atom is 0.128 e. The largest absolute Gasteiger partial charge is 0.151 e. The molecule has 10 aromatic carbocycles. The van der Waals surface area contributed by atoms with E-state index in [0.29, 0.717) is 0 Å². The van der Waals surface area contributed by atoms with E-state index in [0.717, 1.165) is 56.1 Å². The van der Waals surface area contributed by atoms with Gasteiger partial charge < -0.3 is 0 Å². The van der Waals surface area contributed by atoms with Gasteiger partial charge in [-0.2, -0.15) is 11.3 Å². The third-order valence-corrected chi connectivity index (χ3v) is 42.3. The summed E-state index contributed by atoms with van der Waals surface area (Å²) in [6.45, 7) is 18.4. The van der Waals surface area contributed by atoms with Gasteiger partial charge in [-0.15, -0.1) is 34.0 Å². The van der Waals surface area contributed by atoms with Crippen LogP contribution < -0.4 is 4.78 Å². The third kappa shape index (κ3) is 22.7. The average Bonchev–Trinajstić information content (AvgIpc) is 1.49. The summed E-state index contributed by atoms with van der Waals surface area (Å²) in [5.74, 6) is 0. The summed E-state index contributed by atoms with van der Waals surface area (Å²) in [6, 6.07) is 99.2. The predicted octanol–water partition coefficient (Wildman–Crippen LogP) is 37.6. The van der Waals surface area contributed by atoms with E-state index in [9.17, 15) is 0 Å². The van der Waals surface area contributed by atoms with Gasteiger partial charge >= 0.3 is 0 Å². The van der Waals surface area contributed by atoms with E-state index < -0.39 is 21.7 Å². The van der Waals surface area contributed by atoms with Gasteiger partial charge in [0.15, 0.2) is 0 Å². The minimum Gasteiger partial charge on any atom is -0.151 e. The lowest BCUT2D eigenvalue weighted by Gasteiger charge is -2.37. The van der Waals surface area contributed by atoms with E-state index >= 15 is 0 Å². The molecule has 4 aromatic heterocycles. The SMILES string of the molecule is CCCCCCc1ccc(C2(c3ccc(CCCCCC)cc3)c3cc4c(cc3-c3sccc32)-c2sccc2C4(c2ccc(CCCCCC)cc2)c2ccc(CCCCCC)cc2)cc1.S=S=S=S=S=S.[B]c1cc2c(s1)-c1cc3c(cc1C2(c1ccc(CCCCCC)cc1)c1ccc(CCCCCC)cc1)C(c1ccc(CCCCCC)cc1)(c1ccc(CCCCCC)cc1)c1cc(Br)sc1-3. The Balaban J connectivity index is 0.000000191. The smallest absolute Gasteiger partial charge is 0.128 e. The fraction of sp³-hybridized carbons (Fsp3) is 0.406. The summed E-state index contributed by atoms with van der Waals surface area (Å²) in [6.07, 6.45) is 50.1. The number of thiophene rings is 4. The molecule has 0 unspecified atom stereocenters. The lowest BCUT2D eigenvalue weighted by atomic mass is 9.64. The second-order valence-electron chi connectivity index (χ2n) is 40.2. The van der Waals surface area contributed by atoms with Crippen LogP contribution in [-0.2, 0) is 131 Å². The number of fused-ring (bicyclic) bond motifs is 12. The number of hydrogen-bond acceptors (Lipinski definition) is 6. The first-order valence-electron chi connectivity index (χ1n) is 53.8. The zero-order chi connectivity index (χ0) is 97.3. The topological polar surface area (TPSA) is 0 Å². The van der Waals surface area contributed by atoms with Crippen molar-refractivity contribution < 1.29 is 0 Å². The molecule has 140 heavy (non-hydrogen) atoms. The Morgan fingerprint density at radius 1 is 0.229 bits per heavy atom. The monoisotopic (exact) mass is 2090 g/mol. The van der Waals surface area contributed by atoms with Gasteiger partial charge in [0.2, 0.25) is 0 Å². The van der Waals surface area contributed by atoms with Gasteiger partial charge in [0, 0.05) is 77.4 Å². The molecule has 0 nitrogen and oxygen atoms in total. The Labute approximate surface area is 889 Å². The van der Waals surface area contributed by atoms with Crippen LogP contribution in [0.2, 0.25) is 0 Å². The van der Waals surface area contributed by atoms with Crippen LogP contribution in [0.1, 0.15) is 394 Å². The van der Waals surface area contributed by atoms with Crippen molar-refractivity contribution in [1.29, 1.82) is 0 Å². The highest BCUT2D eigenvalue weighted by molar-refractivity contribution is 9.11. The van der Waals surface area contributed by atoms with Crippen LogP contribution in [0.15, 0.2) is 257 Å². The maximum atomic E-state index is 6.95. The average molecular weight is 2100 g/mol. The van der Waals surface area contributed by atoms with Gasteiger partial charge in [0.25, 0.3) is 0 Å². The quantitative estimate of drug-likeness (QED) is 0.0275. The molecule has 0 spiro atoms. The molecule has 18 rings (SSSR count). The minimum atomic E-state index is -0.539.